The highest BCUT2D eigenvalue weighted by molar-refractivity contribution is 9.10. The lowest BCUT2D eigenvalue weighted by Gasteiger charge is -2.08. The van der Waals surface area contributed by atoms with Gasteiger partial charge in [0.15, 0.2) is 0 Å². The molecule has 0 saturated carbocycles. The molecule has 0 heterocycles. The van der Waals surface area contributed by atoms with E-state index in [0.29, 0.717) is 6.42 Å². The van der Waals surface area contributed by atoms with Gasteiger partial charge in [-0.05, 0) is 29.9 Å². The van der Waals surface area contributed by atoms with Crippen LogP contribution in [0, 0.1) is 0 Å². The third-order valence-corrected chi connectivity index (χ3v) is 3.79. The summed E-state index contributed by atoms with van der Waals surface area (Å²) in [5, 5.41) is 0. The average molecular weight is 318 g/mol. The Hall–Kier alpha value is -0.520. The molecule has 0 amide bonds. The molecule has 0 aromatic heterocycles. The minimum absolute atomic E-state index is 0.340. The molecule has 1 aromatic carbocycles. The van der Waals surface area contributed by atoms with Gasteiger partial charge in [-0.25, -0.2) is 0 Å². The molecule has 0 aliphatic rings. The van der Waals surface area contributed by atoms with Gasteiger partial charge in [-0.2, -0.15) is 11.8 Å². The second-order valence-electron chi connectivity index (χ2n) is 3.60. The second-order valence-corrected chi connectivity index (χ2v) is 5.62. The fraction of sp³-hybridized carbons (Fsp3) is 0.417. The standard InChI is InChI=1S/C12H16BrNO2S/c1-16-12(15)11(14)5-6-17-8-9-3-2-4-10(13)7-9/h2-4,7,11H,5-6,8,14H2,1H3. The number of ether oxygens (including phenoxy) is 1. The van der Waals surface area contributed by atoms with Crippen molar-refractivity contribution in [2.45, 2.75) is 18.2 Å². The van der Waals surface area contributed by atoms with E-state index in [1.54, 1.807) is 11.8 Å². The van der Waals surface area contributed by atoms with Crippen LogP contribution in [0.1, 0.15) is 12.0 Å². The van der Waals surface area contributed by atoms with Crippen molar-refractivity contribution in [1.29, 1.82) is 0 Å². The zero-order chi connectivity index (χ0) is 12.7. The van der Waals surface area contributed by atoms with Crippen LogP contribution in [0.5, 0.6) is 0 Å². The highest BCUT2D eigenvalue weighted by Gasteiger charge is 2.12. The number of nitrogens with two attached hydrogens (primary N) is 1. The van der Waals surface area contributed by atoms with Crippen molar-refractivity contribution in [3.63, 3.8) is 0 Å². The van der Waals surface area contributed by atoms with E-state index in [9.17, 15) is 4.79 Å². The third-order valence-electron chi connectivity index (χ3n) is 2.23. The van der Waals surface area contributed by atoms with E-state index in [-0.39, 0.29) is 5.97 Å². The maximum Gasteiger partial charge on any atom is 0.322 e. The topological polar surface area (TPSA) is 52.3 Å². The summed E-state index contributed by atoms with van der Waals surface area (Å²) in [6, 6.07) is 7.68. The van der Waals surface area contributed by atoms with E-state index >= 15 is 0 Å². The molecule has 0 saturated heterocycles. The summed E-state index contributed by atoms with van der Waals surface area (Å²) in [5.74, 6) is 1.43. The summed E-state index contributed by atoms with van der Waals surface area (Å²) in [7, 11) is 1.36. The molecule has 0 radical (unpaired) electrons. The minimum atomic E-state index is -0.505. The molecular weight excluding hydrogens is 302 g/mol. The van der Waals surface area contributed by atoms with Crippen molar-refractivity contribution in [1.82, 2.24) is 0 Å². The van der Waals surface area contributed by atoms with Crippen LogP contribution in [-0.4, -0.2) is 24.9 Å². The molecule has 2 N–H and O–H groups in total. The van der Waals surface area contributed by atoms with Gasteiger partial charge in [-0.1, -0.05) is 28.1 Å². The fourth-order valence-electron chi connectivity index (χ4n) is 1.30. The number of thioether (sulfide) groups is 1. The Morgan fingerprint density at radius 3 is 3.00 bits per heavy atom. The summed E-state index contributed by atoms with van der Waals surface area (Å²) in [6.45, 7) is 0. The van der Waals surface area contributed by atoms with E-state index in [1.807, 2.05) is 12.1 Å². The van der Waals surface area contributed by atoms with Gasteiger partial charge in [0.05, 0.1) is 7.11 Å². The lowest BCUT2D eigenvalue weighted by Crippen LogP contribution is -2.31. The SMILES string of the molecule is COC(=O)C(N)CCSCc1cccc(Br)c1. The molecule has 1 unspecified atom stereocenters. The molecule has 1 rings (SSSR count). The Kier molecular flexibility index (Phi) is 6.62. The van der Waals surface area contributed by atoms with Gasteiger partial charge in [0.1, 0.15) is 6.04 Å². The van der Waals surface area contributed by atoms with Crippen molar-refractivity contribution in [2.24, 2.45) is 5.73 Å². The first kappa shape index (κ1) is 14.5. The molecule has 0 aliphatic carbocycles. The zero-order valence-corrected chi connectivity index (χ0v) is 12.1. The van der Waals surface area contributed by atoms with E-state index < -0.39 is 6.04 Å². The molecule has 17 heavy (non-hydrogen) atoms. The van der Waals surface area contributed by atoms with Crippen LogP contribution < -0.4 is 5.73 Å². The first-order valence-corrected chi connectivity index (χ1v) is 7.24. The number of benzene rings is 1. The first-order chi connectivity index (χ1) is 8.13. The van der Waals surface area contributed by atoms with Gasteiger partial charge < -0.3 is 10.5 Å². The van der Waals surface area contributed by atoms with E-state index in [1.165, 1.54) is 12.7 Å². The van der Waals surface area contributed by atoms with Crippen LogP contribution in [0.2, 0.25) is 0 Å². The summed E-state index contributed by atoms with van der Waals surface area (Å²) in [4.78, 5) is 11.1. The average Bonchev–Trinajstić information content (AvgIpc) is 2.33. The van der Waals surface area contributed by atoms with Gasteiger partial charge in [-0.15, -0.1) is 0 Å². The molecule has 0 spiro atoms. The van der Waals surface area contributed by atoms with Crippen LogP contribution in [0.3, 0.4) is 0 Å². The number of hydrogen-bond donors (Lipinski definition) is 1. The number of hydrogen-bond acceptors (Lipinski definition) is 4. The summed E-state index contributed by atoms with van der Waals surface area (Å²) < 4.78 is 5.65. The number of rotatable bonds is 6. The van der Waals surface area contributed by atoms with Crippen molar-refractivity contribution >= 4 is 33.7 Å². The molecular formula is C12H16BrNO2S. The number of carbonyl (C=O) groups is 1. The normalized spacial score (nSPS) is 12.2. The van der Waals surface area contributed by atoms with Crippen molar-refractivity contribution in [2.75, 3.05) is 12.9 Å². The maximum absolute atomic E-state index is 11.1. The van der Waals surface area contributed by atoms with Crippen LogP contribution >= 0.6 is 27.7 Å². The summed E-state index contributed by atoms with van der Waals surface area (Å²) >= 11 is 5.19. The quantitative estimate of drug-likeness (QED) is 0.647. The Balaban J connectivity index is 2.22. The Bertz CT molecular complexity index is 373. The van der Waals surface area contributed by atoms with Crippen molar-refractivity contribution in [3.05, 3.63) is 34.3 Å². The molecule has 1 atom stereocenters. The van der Waals surface area contributed by atoms with Crippen LogP contribution in [0.4, 0.5) is 0 Å². The van der Waals surface area contributed by atoms with Gasteiger partial charge in [0.25, 0.3) is 0 Å². The molecule has 94 valence electrons. The Morgan fingerprint density at radius 1 is 1.59 bits per heavy atom. The molecule has 3 nitrogen and oxygen atoms in total. The number of methoxy groups -OCH3 is 1. The largest absolute Gasteiger partial charge is 0.468 e. The molecule has 1 aromatic rings. The Morgan fingerprint density at radius 2 is 2.35 bits per heavy atom. The monoisotopic (exact) mass is 317 g/mol. The smallest absolute Gasteiger partial charge is 0.322 e. The van der Waals surface area contributed by atoms with E-state index in [0.717, 1.165) is 16.0 Å². The lowest BCUT2D eigenvalue weighted by atomic mass is 10.2. The highest BCUT2D eigenvalue weighted by Crippen LogP contribution is 2.17. The predicted octanol–water partition coefficient (Wildman–Crippen LogP) is 2.57. The second kappa shape index (κ2) is 7.74. The third kappa shape index (κ3) is 5.57. The number of esters is 1. The summed E-state index contributed by atoms with van der Waals surface area (Å²) in [5.41, 5.74) is 6.90. The molecule has 0 fully saturated rings. The highest BCUT2D eigenvalue weighted by atomic mass is 79.9. The van der Waals surface area contributed by atoms with Gasteiger partial charge in [0.2, 0.25) is 0 Å². The van der Waals surface area contributed by atoms with Gasteiger partial charge in [-0.3, -0.25) is 4.79 Å². The van der Waals surface area contributed by atoms with Crippen molar-refractivity contribution in [3.8, 4) is 0 Å². The number of halogens is 1. The molecule has 5 heteroatoms. The number of carbonyl (C=O) groups excluding carboxylic acids is 1. The van der Waals surface area contributed by atoms with Crippen LogP contribution in [-0.2, 0) is 15.3 Å². The zero-order valence-electron chi connectivity index (χ0n) is 9.69. The Labute approximate surface area is 114 Å². The molecule has 0 bridgehead atoms. The minimum Gasteiger partial charge on any atom is -0.468 e. The van der Waals surface area contributed by atoms with Gasteiger partial charge >= 0.3 is 5.97 Å². The predicted molar refractivity (Wildman–Crippen MR) is 74.9 cm³/mol. The van der Waals surface area contributed by atoms with Crippen LogP contribution in [0.25, 0.3) is 0 Å². The lowest BCUT2D eigenvalue weighted by molar-refractivity contribution is -0.142. The summed E-state index contributed by atoms with van der Waals surface area (Å²) in [6.07, 6.45) is 0.644. The molecule has 0 aliphatic heterocycles. The van der Waals surface area contributed by atoms with Crippen molar-refractivity contribution < 1.29 is 9.53 Å². The van der Waals surface area contributed by atoms with Crippen LogP contribution in [0.15, 0.2) is 28.7 Å². The fourth-order valence-corrected chi connectivity index (χ4v) is 2.72. The van der Waals surface area contributed by atoms with E-state index in [2.05, 4.69) is 32.8 Å². The van der Waals surface area contributed by atoms with Gasteiger partial charge in [0, 0.05) is 10.2 Å². The van der Waals surface area contributed by atoms with E-state index in [4.69, 9.17) is 5.73 Å². The first-order valence-electron chi connectivity index (χ1n) is 5.29. The maximum atomic E-state index is 11.1.